The Morgan fingerprint density at radius 1 is 1.78 bits per heavy atom. The molecule has 0 spiro atoms. The van der Waals surface area contributed by atoms with Gasteiger partial charge < -0.3 is 0 Å². The molecule has 0 aromatic carbocycles. The van der Waals surface area contributed by atoms with Crippen LogP contribution in [0, 0.1) is 18.3 Å². The van der Waals surface area contributed by atoms with Crippen molar-refractivity contribution in [1.29, 1.82) is 0 Å². The first-order valence-electron chi connectivity index (χ1n) is 3.51. The number of terminal acetylenes is 1. The average molecular weight is 120 g/mol. The quantitative estimate of drug-likeness (QED) is 0.430. The molecule has 1 rings (SSSR count). The zero-order valence-corrected chi connectivity index (χ0v) is 5.85. The third-order valence-corrected chi connectivity index (χ3v) is 1.90. The zero-order chi connectivity index (χ0) is 6.69. The molecule has 0 aliphatic heterocycles. The van der Waals surface area contributed by atoms with Crippen LogP contribution in [0.2, 0.25) is 0 Å². The number of hydrogen-bond acceptors (Lipinski definition) is 0. The van der Waals surface area contributed by atoms with E-state index in [4.69, 9.17) is 6.42 Å². The fraction of sp³-hybridized carbons (Fsp3) is 0.556. The maximum atomic E-state index is 5.28. The van der Waals surface area contributed by atoms with Gasteiger partial charge in [-0.25, -0.2) is 0 Å². The highest BCUT2D eigenvalue weighted by Gasteiger charge is 2.09. The molecular formula is C9H12. The predicted octanol–water partition coefficient (Wildman–Crippen LogP) is 2.37. The van der Waals surface area contributed by atoms with Crippen LogP contribution >= 0.6 is 0 Å². The van der Waals surface area contributed by atoms with E-state index in [9.17, 15) is 0 Å². The minimum Gasteiger partial charge on any atom is -0.115 e. The van der Waals surface area contributed by atoms with Gasteiger partial charge in [-0.15, -0.1) is 6.42 Å². The Morgan fingerprint density at radius 2 is 2.56 bits per heavy atom. The van der Waals surface area contributed by atoms with Crippen LogP contribution in [0.15, 0.2) is 11.6 Å². The first kappa shape index (κ1) is 6.42. The van der Waals surface area contributed by atoms with Crippen LogP contribution < -0.4 is 0 Å². The molecule has 0 nitrogen and oxygen atoms in total. The van der Waals surface area contributed by atoms with Crippen molar-refractivity contribution in [2.24, 2.45) is 5.92 Å². The van der Waals surface area contributed by atoms with Crippen molar-refractivity contribution in [1.82, 2.24) is 0 Å². The summed E-state index contributed by atoms with van der Waals surface area (Å²) in [6, 6.07) is 0. The fourth-order valence-corrected chi connectivity index (χ4v) is 1.24. The summed E-state index contributed by atoms with van der Waals surface area (Å²) in [5.74, 6) is 3.36. The summed E-state index contributed by atoms with van der Waals surface area (Å²) in [7, 11) is 0. The van der Waals surface area contributed by atoms with Crippen molar-refractivity contribution in [2.45, 2.75) is 26.2 Å². The van der Waals surface area contributed by atoms with Crippen LogP contribution in [-0.2, 0) is 0 Å². The summed E-state index contributed by atoms with van der Waals surface area (Å²) in [6.07, 6.45) is 11.2. The second-order valence-electron chi connectivity index (χ2n) is 2.64. The van der Waals surface area contributed by atoms with Crippen LogP contribution in [0.4, 0.5) is 0 Å². The normalized spacial score (nSPS) is 26.7. The highest BCUT2D eigenvalue weighted by atomic mass is 14.1. The lowest BCUT2D eigenvalue weighted by molar-refractivity contribution is 0.566. The topological polar surface area (TPSA) is 0 Å². The molecule has 1 unspecified atom stereocenters. The van der Waals surface area contributed by atoms with E-state index in [0.717, 1.165) is 0 Å². The highest BCUT2D eigenvalue weighted by Crippen LogP contribution is 2.22. The van der Waals surface area contributed by atoms with Crippen molar-refractivity contribution in [3.05, 3.63) is 11.6 Å². The predicted molar refractivity (Wildman–Crippen MR) is 39.9 cm³/mol. The maximum Gasteiger partial charge on any atom is 0.000595 e. The Hall–Kier alpha value is -0.700. The average Bonchev–Trinajstić information content (AvgIpc) is 1.89. The molecule has 0 saturated heterocycles. The minimum absolute atomic E-state index is 0.642. The summed E-state index contributed by atoms with van der Waals surface area (Å²) >= 11 is 0. The van der Waals surface area contributed by atoms with Gasteiger partial charge in [0.1, 0.15) is 0 Å². The Balaban J connectivity index is 2.67. The Bertz CT molecular complexity index is 157. The van der Waals surface area contributed by atoms with Gasteiger partial charge in [-0.3, -0.25) is 0 Å². The molecule has 0 heteroatoms. The van der Waals surface area contributed by atoms with Crippen molar-refractivity contribution < 1.29 is 0 Å². The minimum atomic E-state index is 0.642. The molecule has 0 fully saturated rings. The van der Waals surface area contributed by atoms with E-state index in [-0.39, 0.29) is 0 Å². The third-order valence-electron chi connectivity index (χ3n) is 1.90. The molecule has 0 saturated carbocycles. The van der Waals surface area contributed by atoms with Crippen molar-refractivity contribution in [3.8, 4) is 12.3 Å². The van der Waals surface area contributed by atoms with Gasteiger partial charge in [0.2, 0.25) is 0 Å². The third kappa shape index (κ3) is 1.36. The van der Waals surface area contributed by atoms with Gasteiger partial charge in [-0.2, -0.15) is 0 Å². The van der Waals surface area contributed by atoms with Crippen molar-refractivity contribution in [3.63, 3.8) is 0 Å². The summed E-state index contributed by atoms with van der Waals surface area (Å²) in [5.41, 5.74) is 1.21. The number of allylic oxidation sites excluding steroid dienone is 2. The van der Waals surface area contributed by atoms with E-state index >= 15 is 0 Å². The highest BCUT2D eigenvalue weighted by molar-refractivity contribution is 5.28. The van der Waals surface area contributed by atoms with E-state index < -0.39 is 0 Å². The second kappa shape index (κ2) is 2.73. The van der Waals surface area contributed by atoms with Crippen LogP contribution in [0.25, 0.3) is 0 Å². The molecule has 0 radical (unpaired) electrons. The molecule has 0 aromatic heterocycles. The van der Waals surface area contributed by atoms with Crippen LogP contribution in [-0.4, -0.2) is 0 Å². The zero-order valence-electron chi connectivity index (χ0n) is 5.85. The van der Waals surface area contributed by atoms with Gasteiger partial charge >= 0.3 is 0 Å². The summed E-state index contributed by atoms with van der Waals surface area (Å²) in [4.78, 5) is 0. The smallest absolute Gasteiger partial charge is 0.000595 e. The first-order valence-corrected chi connectivity index (χ1v) is 3.51. The van der Waals surface area contributed by atoms with Crippen LogP contribution in [0.5, 0.6) is 0 Å². The standard InChI is InChI=1S/C9H12/c1-3-9-7-5-4-6-8(9)2/h1,7-8H,4-6H2,2H3. The lowest BCUT2D eigenvalue weighted by atomic mass is 9.90. The van der Waals surface area contributed by atoms with E-state index in [2.05, 4.69) is 18.9 Å². The molecule has 1 aliphatic rings. The molecule has 1 aliphatic carbocycles. The monoisotopic (exact) mass is 120 g/mol. The molecule has 0 amide bonds. The van der Waals surface area contributed by atoms with E-state index in [1.54, 1.807) is 0 Å². The molecule has 0 aromatic rings. The summed E-state index contributed by atoms with van der Waals surface area (Å²) in [5, 5.41) is 0. The van der Waals surface area contributed by atoms with Gasteiger partial charge in [-0.1, -0.05) is 18.9 Å². The molecule has 0 bridgehead atoms. The molecular weight excluding hydrogens is 108 g/mol. The van der Waals surface area contributed by atoms with Crippen LogP contribution in [0.3, 0.4) is 0 Å². The van der Waals surface area contributed by atoms with E-state index in [1.165, 1.54) is 24.8 Å². The first-order chi connectivity index (χ1) is 4.34. The van der Waals surface area contributed by atoms with Crippen molar-refractivity contribution >= 4 is 0 Å². The largest absolute Gasteiger partial charge is 0.115 e. The lowest BCUT2D eigenvalue weighted by Gasteiger charge is -2.14. The van der Waals surface area contributed by atoms with Gasteiger partial charge in [0.25, 0.3) is 0 Å². The molecule has 9 heavy (non-hydrogen) atoms. The van der Waals surface area contributed by atoms with E-state index in [1.807, 2.05) is 0 Å². The molecule has 1 atom stereocenters. The maximum absolute atomic E-state index is 5.28. The van der Waals surface area contributed by atoms with Crippen LogP contribution in [0.1, 0.15) is 26.2 Å². The lowest BCUT2D eigenvalue weighted by Crippen LogP contribution is -2.01. The van der Waals surface area contributed by atoms with Gasteiger partial charge in [0.05, 0.1) is 0 Å². The summed E-state index contributed by atoms with van der Waals surface area (Å²) in [6.45, 7) is 2.20. The van der Waals surface area contributed by atoms with Gasteiger partial charge in [0, 0.05) is 5.57 Å². The van der Waals surface area contributed by atoms with E-state index in [0.29, 0.717) is 5.92 Å². The van der Waals surface area contributed by atoms with Gasteiger partial charge in [-0.05, 0) is 25.2 Å². The number of hydrogen-bond donors (Lipinski definition) is 0. The SMILES string of the molecule is C#CC1=CCCCC1C. The van der Waals surface area contributed by atoms with Gasteiger partial charge in [0.15, 0.2) is 0 Å². The second-order valence-corrected chi connectivity index (χ2v) is 2.64. The molecule has 0 N–H and O–H groups in total. The van der Waals surface area contributed by atoms with Crippen molar-refractivity contribution in [2.75, 3.05) is 0 Å². The Kier molecular flexibility index (Phi) is 1.95. The summed E-state index contributed by atoms with van der Waals surface area (Å²) < 4.78 is 0. The fourth-order valence-electron chi connectivity index (χ4n) is 1.24. The Morgan fingerprint density at radius 3 is 3.00 bits per heavy atom. The Labute approximate surface area is 57.0 Å². The number of rotatable bonds is 0. The molecule has 48 valence electrons. The molecule has 0 heterocycles.